The molecule has 4 atom stereocenters. The summed E-state index contributed by atoms with van der Waals surface area (Å²) < 4.78 is 42.3. The number of fused-ring (bicyclic) bond motifs is 6. The van der Waals surface area contributed by atoms with Crippen LogP contribution in [0.25, 0.3) is 43.6 Å². The predicted octanol–water partition coefficient (Wildman–Crippen LogP) is -1.67. The maximum Gasteiger partial charge on any atom is 2.00 e. The van der Waals surface area contributed by atoms with Crippen molar-refractivity contribution in [3.05, 3.63) is 168 Å². The van der Waals surface area contributed by atoms with Gasteiger partial charge >= 0.3 is 34.1 Å². The molecule has 0 bridgehead atoms. The van der Waals surface area contributed by atoms with Crippen LogP contribution in [0.15, 0.2) is 146 Å². The van der Waals surface area contributed by atoms with Gasteiger partial charge < -0.3 is 101 Å². The molecule has 394 valence electrons. The molecule has 0 aliphatic carbocycles. The van der Waals surface area contributed by atoms with Crippen LogP contribution in [0.5, 0.6) is 0 Å². The maximum atomic E-state index is 10.6. The average molecular weight is 1160 g/mol. The van der Waals surface area contributed by atoms with E-state index < -0.39 is 55.0 Å². The minimum atomic E-state index is -4.36. The maximum absolute atomic E-state index is 10.6. The molecule has 22 N–H and O–H groups in total. The van der Waals surface area contributed by atoms with Gasteiger partial charge in [-0.3, -0.25) is 19.9 Å². The van der Waals surface area contributed by atoms with E-state index in [1.807, 2.05) is 24.3 Å². The number of nitrogens with zero attached hydrogens (tertiary/aromatic N) is 4. The van der Waals surface area contributed by atoms with E-state index in [0.717, 1.165) is 43.6 Å². The van der Waals surface area contributed by atoms with E-state index in [0.29, 0.717) is 22.3 Å². The monoisotopic (exact) mass is 1160 g/mol. The van der Waals surface area contributed by atoms with Gasteiger partial charge in [-0.05, 0) is 46.5 Å². The zero-order valence-corrected chi connectivity index (χ0v) is 41.5. The minimum Gasteiger partial charge on any atom is -0.778 e. The predicted molar refractivity (Wildman–Crippen MR) is 253 cm³/mol. The Morgan fingerprint density at radius 1 is 0.329 bits per heavy atom. The fraction of sp³-hybridized carbons (Fsp3) is 0.100. The van der Waals surface area contributed by atoms with Gasteiger partial charge in [-0.25, -0.2) is 0 Å². The number of hydrogen-bond donors (Lipinski definition) is 4. The van der Waals surface area contributed by atoms with Crippen LogP contribution in [0.3, 0.4) is 0 Å². The quantitative estimate of drug-likeness (QED) is 0.0572. The largest absolute Gasteiger partial charge is 2.00 e. The van der Waals surface area contributed by atoms with E-state index in [9.17, 15) is 37.8 Å². The van der Waals surface area contributed by atoms with Crippen molar-refractivity contribution in [2.45, 2.75) is 24.6 Å². The first-order valence-electron chi connectivity index (χ1n) is 17.7. The molecule has 2 radical (unpaired) electrons. The number of aromatic nitrogens is 4. The van der Waals surface area contributed by atoms with Gasteiger partial charge in [-0.1, -0.05) is 97.1 Å². The van der Waals surface area contributed by atoms with Gasteiger partial charge in [0.2, 0.25) is 0 Å². The molecule has 8 aromatic rings. The summed E-state index contributed by atoms with van der Waals surface area (Å²) in [5.74, 6) is 0. The Balaban J connectivity index is -0.000000186. The Kier molecular flexibility index (Phi) is 37.8. The molecule has 0 spiro atoms. The molecular formula is C40H54Cu2N4O20P4+2. The van der Waals surface area contributed by atoms with Crippen LogP contribution in [-0.2, 0) is 88.0 Å². The number of rotatable bonds is 8. The second-order valence-corrected chi connectivity index (χ2v) is 19.6. The summed E-state index contributed by atoms with van der Waals surface area (Å²) in [5, 5.41) is 4.55. The summed E-state index contributed by atoms with van der Waals surface area (Å²) >= 11 is 0. The van der Waals surface area contributed by atoms with Crippen molar-refractivity contribution in [1.29, 1.82) is 0 Å². The summed E-state index contributed by atoms with van der Waals surface area (Å²) in [4.78, 5) is 94.0. The van der Waals surface area contributed by atoms with E-state index in [4.69, 9.17) is 19.6 Å². The van der Waals surface area contributed by atoms with Gasteiger partial charge in [0.25, 0.3) is 0 Å². The SMILES string of the molecule is O.O.O.O.O.O.O=P([O-])(O)Cc1ccc(CP(=O)([O-])O)cc1.O=P([O-])(O)Cc1ccc(CP(=O)([O-])O)cc1.[Cu+2].[Cu+2].[OH3+].[OH3+].c1cnc2c(c1)ccc1cccnc12.c1cnc2c(c1)ccc1cccnc12. The second kappa shape index (κ2) is 34.2. The molecule has 4 aromatic heterocycles. The normalized spacial score (nSPS) is 12.9. The zero-order valence-electron chi connectivity index (χ0n) is 36.1. The number of benzene rings is 4. The topological polar surface area (TPSA) is 548 Å². The molecular weight excluding hydrogens is 1110 g/mol. The van der Waals surface area contributed by atoms with Crippen LogP contribution in [0.1, 0.15) is 22.3 Å². The minimum absolute atomic E-state index is 0. The zero-order chi connectivity index (χ0) is 43.6. The summed E-state index contributed by atoms with van der Waals surface area (Å²) in [5.41, 5.74) is 5.31. The van der Waals surface area contributed by atoms with E-state index in [1.54, 1.807) is 24.8 Å². The molecule has 4 aromatic carbocycles. The van der Waals surface area contributed by atoms with Gasteiger partial charge in [0.15, 0.2) is 0 Å². The molecule has 0 aliphatic rings. The van der Waals surface area contributed by atoms with Gasteiger partial charge in [0.05, 0.1) is 22.1 Å². The molecule has 0 aliphatic heterocycles. The van der Waals surface area contributed by atoms with Gasteiger partial charge in [-0.15, -0.1) is 0 Å². The van der Waals surface area contributed by atoms with Crippen molar-refractivity contribution in [3.8, 4) is 0 Å². The number of pyridine rings is 4. The van der Waals surface area contributed by atoms with Crippen LogP contribution in [0.2, 0.25) is 0 Å². The molecule has 24 nitrogen and oxygen atoms in total. The summed E-state index contributed by atoms with van der Waals surface area (Å²) in [6.45, 7) is 0. The van der Waals surface area contributed by atoms with Crippen LogP contribution in [-0.4, -0.2) is 72.4 Å². The molecule has 0 amide bonds. The molecule has 70 heavy (non-hydrogen) atoms. The first kappa shape index (κ1) is 77.3. The smallest absolute Gasteiger partial charge is 0.778 e. The Labute approximate surface area is 420 Å². The first-order chi connectivity index (χ1) is 28.2. The fourth-order valence-corrected chi connectivity index (χ4v) is 8.47. The molecule has 0 saturated heterocycles. The van der Waals surface area contributed by atoms with Crippen LogP contribution in [0.4, 0.5) is 0 Å². The van der Waals surface area contributed by atoms with Crippen molar-refractivity contribution in [2.24, 2.45) is 0 Å². The van der Waals surface area contributed by atoms with Crippen molar-refractivity contribution < 1.29 is 135 Å². The van der Waals surface area contributed by atoms with E-state index in [1.165, 1.54) is 48.5 Å². The third-order valence-corrected chi connectivity index (χ3v) is 11.3. The fourth-order valence-electron chi connectivity index (χ4n) is 5.78. The van der Waals surface area contributed by atoms with Crippen molar-refractivity contribution >= 4 is 74.0 Å². The second-order valence-electron chi connectivity index (χ2n) is 13.2. The van der Waals surface area contributed by atoms with Crippen molar-refractivity contribution in [2.75, 3.05) is 0 Å². The Hall–Kier alpha value is -4.16. The Morgan fingerprint density at radius 2 is 0.486 bits per heavy atom. The standard InChI is InChI=1S/2C12H8N2.2C8H12O6P2.2Cu.8H2O/c2*1-3-9-5-6-10-4-2-8-14-12(10)11(9)13-7-1;2*9-15(10,11)5-7-1-2-8(4-3-7)6-16(12,13)14;;;;;;;;;;/h2*1-8H;2*1-4H,5-6H2,(H2,9,10,11)(H2,12,13,14);;;8*1H2/q;;;;2*+2;;;;;;;;/p-2. The van der Waals surface area contributed by atoms with Crippen LogP contribution >= 0.6 is 30.4 Å². The number of hydrogen-bond acceptors (Lipinski definition) is 12. The molecule has 8 rings (SSSR count). The Bertz CT molecular complexity index is 2530. The summed E-state index contributed by atoms with van der Waals surface area (Å²) in [7, 11) is -17.4. The summed E-state index contributed by atoms with van der Waals surface area (Å²) in [6, 6.07) is 35.3. The molecule has 0 saturated carbocycles. The molecule has 4 unspecified atom stereocenters. The van der Waals surface area contributed by atoms with Crippen molar-refractivity contribution in [1.82, 2.24) is 19.9 Å². The first-order valence-corrected chi connectivity index (χ1v) is 24.7. The Morgan fingerprint density at radius 3 is 0.629 bits per heavy atom. The molecule has 4 heterocycles. The van der Waals surface area contributed by atoms with Crippen LogP contribution < -0.4 is 19.6 Å². The van der Waals surface area contributed by atoms with E-state index in [2.05, 4.69) is 68.5 Å². The van der Waals surface area contributed by atoms with Gasteiger partial charge in [0.1, 0.15) is 30.4 Å². The molecule has 0 fully saturated rings. The molecule has 30 heteroatoms. The van der Waals surface area contributed by atoms with Crippen LogP contribution in [0, 0.1) is 0 Å². The summed E-state index contributed by atoms with van der Waals surface area (Å²) in [6.07, 6.45) is 5.21. The van der Waals surface area contributed by atoms with Gasteiger partial charge in [-0.2, -0.15) is 0 Å². The van der Waals surface area contributed by atoms with E-state index >= 15 is 0 Å². The average Bonchev–Trinajstić information content (AvgIpc) is 3.18. The van der Waals surface area contributed by atoms with Gasteiger partial charge in [0, 0.05) is 71.0 Å². The third kappa shape index (κ3) is 26.3. The van der Waals surface area contributed by atoms with Crippen molar-refractivity contribution in [3.63, 3.8) is 0 Å². The van der Waals surface area contributed by atoms with E-state index in [-0.39, 0.29) is 77.9 Å². The third-order valence-electron chi connectivity index (χ3n) is 8.26.